The summed E-state index contributed by atoms with van der Waals surface area (Å²) in [6.45, 7) is 0. The summed E-state index contributed by atoms with van der Waals surface area (Å²) in [6.07, 6.45) is 1.11. The van der Waals surface area contributed by atoms with E-state index in [4.69, 9.17) is 16.3 Å². The quantitative estimate of drug-likeness (QED) is 0.807. The standard InChI is InChI=1S/C14H12ClNO4S/c1-20-14-11(15)7-8-12(16-14)13(17)9-3-5-10(6-4-9)21(2,18)19/h3-8H,1-2H3. The number of carbonyl (C=O) groups excluding carboxylic acids is 1. The Bertz CT molecular complexity index is 785. The molecule has 0 unspecified atom stereocenters. The maximum Gasteiger partial charge on any atom is 0.232 e. The summed E-state index contributed by atoms with van der Waals surface area (Å²) in [5.74, 6) is -0.180. The van der Waals surface area contributed by atoms with Gasteiger partial charge >= 0.3 is 0 Å². The third-order valence-electron chi connectivity index (χ3n) is 2.78. The predicted molar refractivity (Wildman–Crippen MR) is 78.8 cm³/mol. The van der Waals surface area contributed by atoms with Crippen molar-refractivity contribution in [3.63, 3.8) is 0 Å². The van der Waals surface area contributed by atoms with Crippen molar-refractivity contribution in [1.29, 1.82) is 0 Å². The fraction of sp³-hybridized carbons (Fsp3) is 0.143. The zero-order valence-electron chi connectivity index (χ0n) is 11.3. The summed E-state index contributed by atoms with van der Waals surface area (Å²) >= 11 is 5.85. The number of carbonyl (C=O) groups is 1. The van der Waals surface area contributed by atoms with Crippen LogP contribution >= 0.6 is 11.6 Å². The lowest BCUT2D eigenvalue weighted by molar-refractivity contribution is 0.103. The van der Waals surface area contributed by atoms with Gasteiger partial charge in [-0.25, -0.2) is 13.4 Å². The molecule has 21 heavy (non-hydrogen) atoms. The number of aromatic nitrogens is 1. The van der Waals surface area contributed by atoms with Crippen LogP contribution in [-0.2, 0) is 9.84 Å². The van der Waals surface area contributed by atoms with Crippen molar-refractivity contribution < 1.29 is 17.9 Å². The van der Waals surface area contributed by atoms with Crippen molar-refractivity contribution in [3.05, 3.63) is 52.7 Å². The van der Waals surface area contributed by atoms with Crippen molar-refractivity contribution in [2.45, 2.75) is 4.90 Å². The third-order valence-corrected chi connectivity index (χ3v) is 4.20. The number of hydrogen-bond donors (Lipinski definition) is 0. The maximum atomic E-state index is 12.3. The highest BCUT2D eigenvalue weighted by atomic mass is 35.5. The first-order valence-electron chi connectivity index (χ1n) is 5.88. The van der Waals surface area contributed by atoms with Crippen LogP contribution in [0.15, 0.2) is 41.3 Å². The highest BCUT2D eigenvalue weighted by Gasteiger charge is 2.14. The second kappa shape index (κ2) is 5.83. The van der Waals surface area contributed by atoms with Gasteiger partial charge in [0.2, 0.25) is 11.7 Å². The molecular formula is C14H12ClNO4S. The summed E-state index contributed by atoms with van der Waals surface area (Å²) in [4.78, 5) is 16.4. The van der Waals surface area contributed by atoms with E-state index in [1.165, 1.54) is 43.5 Å². The van der Waals surface area contributed by atoms with E-state index in [0.29, 0.717) is 10.6 Å². The Morgan fingerprint density at radius 1 is 1.14 bits per heavy atom. The number of rotatable bonds is 4. The van der Waals surface area contributed by atoms with E-state index >= 15 is 0 Å². The Morgan fingerprint density at radius 2 is 1.76 bits per heavy atom. The lowest BCUT2D eigenvalue weighted by atomic mass is 10.1. The minimum atomic E-state index is -3.29. The average Bonchev–Trinajstić information content (AvgIpc) is 2.46. The minimum absolute atomic E-state index is 0.153. The molecule has 1 aromatic carbocycles. The number of sulfone groups is 1. The Hall–Kier alpha value is -1.92. The molecule has 0 atom stereocenters. The SMILES string of the molecule is COc1nc(C(=O)c2ccc(S(C)(=O)=O)cc2)ccc1Cl. The van der Waals surface area contributed by atoms with Crippen LogP contribution in [0.4, 0.5) is 0 Å². The summed E-state index contributed by atoms with van der Waals surface area (Å²) in [7, 11) is -1.88. The van der Waals surface area contributed by atoms with Crippen LogP contribution in [0.3, 0.4) is 0 Å². The number of nitrogens with zero attached hydrogens (tertiary/aromatic N) is 1. The van der Waals surface area contributed by atoms with E-state index in [1.807, 2.05) is 0 Å². The number of ketones is 1. The molecule has 0 aliphatic heterocycles. The minimum Gasteiger partial charge on any atom is -0.480 e. The van der Waals surface area contributed by atoms with Crippen LogP contribution in [0.2, 0.25) is 5.02 Å². The van der Waals surface area contributed by atoms with Crippen LogP contribution in [-0.4, -0.2) is 32.6 Å². The van der Waals surface area contributed by atoms with Crippen molar-refractivity contribution >= 4 is 27.2 Å². The molecule has 0 aliphatic rings. The van der Waals surface area contributed by atoms with E-state index in [-0.39, 0.29) is 22.3 Å². The normalized spacial score (nSPS) is 11.2. The molecule has 1 aromatic heterocycles. The fourth-order valence-corrected chi connectivity index (χ4v) is 2.51. The molecular weight excluding hydrogens is 314 g/mol. The molecule has 0 radical (unpaired) electrons. The van der Waals surface area contributed by atoms with E-state index < -0.39 is 9.84 Å². The first kappa shape index (κ1) is 15.5. The molecule has 1 heterocycles. The van der Waals surface area contributed by atoms with Crippen molar-refractivity contribution in [2.24, 2.45) is 0 Å². The van der Waals surface area contributed by atoms with Gasteiger partial charge in [-0.15, -0.1) is 0 Å². The Morgan fingerprint density at radius 3 is 2.29 bits per heavy atom. The molecule has 0 saturated carbocycles. The Balaban J connectivity index is 2.36. The highest BCUT2D eigenvalue weighted by Crippen LogP contribution is 2.22. The van der Waals surface area contributed by atoms with Crippen LogP contribution < -0.4 is 4.74 Å². The van der Waals surface area contributed by atoms with Gasteiger partial charge in [-0.3, -0.25) is 4.79 Å². The van der Waals surface area contributed by atoms with Crippen molar-refractivity contribution in [2.75, 3.05) is 13.4 Å². The second-order valence-corrected chi connectivity index (χ2v) is 6.74. The first-order chi connectivity index (χ1) is 9.82. The molecule has 5 nitrogen and oxygen atoms in total. The highest BCUT2D eigenvalue weighted by molar-refractivity contribution is 7.90. The number of pyridine rings is 1. The Kier molecular flexibility index (Phi) is 4.29. The van der Waals surface area contributed by atoms with Gasteiger partial charge in [-0.2, -0.15) is 0 Å². The molecule has 0 aliphatic carbocycles. The number of ether oxygens (including phenoxy) is 1. The molecule has 0 fully saturated rings. The number of methoxy groups -OCH3 is 1. The van der Waals surface area contributed by atoms with Gasteiger partial charge in [-0.1, -0.05) is 11.6 Å². The predicted octanol–water partition coefficient (Wildman–Crippen LogP) is 2.38. The zero-order chi connectivity index (χ0) is 15.6. The Labute approximate surface area is 127 Å². The van der Waals surface area contributed by atoms with Crippen LogP contribution in [0.1, 0.15) is 16.1 Å². The van der Waals surface area contributed by atoms with Crippen LogP contribution in [0.25, 0.3) is 0 Å². The topological polar surface area (TPSA) is 73.3 Å². The van der Waals surface area contributed by atoms with Crippen LogP contribution in [0, 0.1) is 0 Å². The van der Waals surface area contributed by atoms with Gasteiger partial charge in [0.25, 0.3) is 0 Å². The van der Waals surface area contributed by atoms with Gasteiger partial charge in [0.05, 0.1) is 12.0 Å². The second-order valence-electron chi connectivity index (χ2n) is 4.31. The molecule has 0 saturated heterocycles. The molecule has 0 bridgehead atoms. The molecule has 7 heteroatoms. The molecule has 0 spiro atoms. The number of hydrogen-bond acceptors (Lipinski definition) is 5. The molecule has 2 rings (SSSR count). The number of benzene rings is 1. The first-order valence-corrected chi connectivity index (χ1v) is 8.15. The fourth-order valence-electron chi connectivity index (χ4n) is 1.69. The van der Waals surface area contributed by atoms with E-state index in [2.05, 4.69) is 4.98 Å². The van der Waals surface area contributed by atoms with Crippen LogP contribution in [0.5, 0.6) is 5.88 Å². The summed E-state index contributed by atoms with van der Waals surface area (Å²) in [5, 5.41) is 0.307. The van der Waals surface area contributed by atoms with Gasteiger partial charge < -0.3 is 4.74 Å². The third kappa shape index (κ3) is 3.40. The summed E-state index contributed by atoms with van der Waals surface area (Å²) < 4.78 is 27.7. The van der Waals surface area contributed by atoms with Crippen molar-refractivity contribution in [3.8, 4) is 5.88 Å². The van der Waals surface area contributed by atoms with Gasteiger partial charge in [0.1, 0.15) is 10.7 Å². The van der Waals surface area contributed by atoms with Gasteiger partial charge in [0, 0.05) is 11.8 Å². The number of halogens is 1. The molecule has 110 valence electrons. The molecule has 0 amide bonds. The van der Waals surface area contributed by atoms with E-state index in [0.717, 1.165) is 6.26 Å². The lowest BCUT2D eigenvalue weighted by Crippen LogP contribution is -2.06. The van der Waals surface area contributed by atoms with E-state index in [1.54, 1.807) is 0 Å². The summed E-state index contributed by atoms with van der Waals surface area (Å²) in [6, 6.07) is 8.66. The van der Waals surface area contributed by atoms with Crippen molar-refractivity contribution in [1.82, 2.24) is 4.98 Å². The molecule has 0 N–H and O–H groups in total. The van der Waals surface area contributed by atoms with Gasteiger partial charge in [-0.05, 0) is 36.4 Å². The lowest BCUT2D eigenvalue weighted by Gasteiger charge is -2.05. The average molecular weight is 326 g/mol. The zero-order valence-corrected chi connectivity index (χ0v) is 12.9. The maximum absolute atomic E-state index is 12.3. The molecule has 2 aromatic rings. The summed E-state index contributed by atoms with van der Waals surface area (Å²) in [5.41, 5.74) is 0.502. The largest absolute Gasteiger partial charge is 0.480 e. The van der Waals surface area contributed by atoms with Gasteiger partial charge in [0.15, 0.2) is 9.84 Å². The van der Waals surface area contributed by atoms with E-state index in [9.17, 15) is 13.2 Å². The smallest absolute Gasteiger partial charge is 0.232 e. The monoisotopic (exact) mass is 325 g/mol.